The number of fused-ring (bicyclic) bond motifs is 1. The molecule has 1 aliphatic heterocycles. The van der Waals surface area contributed by atoms with Gasteiger partial charge < -0.3 is 25.6 Å². The lowest BCUT2D eigenvalue weighted by molar-refractivity contribution is -0.117. The highest BCUT2D eigenvalue weighted by molar-refractivity contribution is 5.94. The van der Waals surface area contributed by atoms with Crippen molar-refractivity contribution >= 4 is 40.0 Å². The molecule has 2 aromatic carbocycles. The number of aromatic nitrogens is 3. The summed E-state index contributed by atoms with van der Waals surface area (Å²) in [6.45, 7) is 9.69. The largest absolute Gasteiger partial charge is 0.494 e. The van der Waals surface area contributed by atoms with Crippen LogP contribution in [0.5, 0.6) is 5.75 Å². The van der Waals surface area contributed by atoms with Crippen LogP contribution in [-0.4, -0.2) is 78.3 Å². The Bertz CT molecular complexity index is 2230. The SMILES string of the molecule is COc1cc(N2CCN(CCCCCCCCCCCCNCCC34CC5CC(CC(C5)C3)C4)CC2)ccc1Nc1ncc2c(C)cc(=O)n(-c3cccc(NC(=O)C4CC4)c3)c2n1. The highest BCUT2D eigenvalue weighted by atomic mass is 16.5. The van der Waals surface area contributed by atoms with Gasteiger partial charge in [-0.15, -0.1) is 0 Å². The summed E-state index contributed by atoms with van der Waals surface area (Å²) >= 11 is 0. The summed E-state index contributed by atoms with van der Waals surface area (Å²) in [4.78, 5) is 40.5. The normalized spacial score (nSPS) is 22.9. The minimum atomic E-state index is -0.205. The number of methoxy groups -OCH3 is 1. The van der Waals surface area contributed by atoms with Gasteiger partial charge >= 0.3 is 0 Å². The van der Waals surface area contributed by atoms with Crippen molar-refractivity contribution in [3.63, 3.8) is 0 Å². The molecule has 2 aromatic heterocycles. The Kier molecular flexibility index (Phi) is 14.5. The van der Waals surface area contributed by atoms with Crippen molar-refractivity contribution in [1.29, 1.82) is 0 Å². The highest BCUT2D eigenvalue weighted by Crippen LogP contribution is 2.61. The number of hydrogen-bond acceptors (Lipinski definition) is 9. The first-order chi connectivity index (χ1) is 31.3. The monoisotopic (exact) mass is 871 g/mol. The summed E-state index contributed by atoms with van der Waals surface area (Å²) in [5.41, 5.74) is 4.96. The molecule has 1 saturated heterocycles. The summed E-state index contributed by atoms with van der Waals surface area (Å²) in [6.07, 6.45) is 28.1. The Labute approximate surface area is 381 Å². The Morgan fingerprint density at radius 1 is 0.797 bits per heavy atom. The van der Waals surface area contributed by atoms with Gasteiger partial charge in [-0.05, 0) is 156 Å². The number of carbonyl (C=O) groups excluding carboxylic acids is 1. The van der Waals surface area contributed by atoms with Crippen molar-refractivity contribution in [3.05, 3.63) is 70.6 Å². The average molecular weight is 871 g/mol. The fourth-order valence-corrected chi connectivity index (χ4v) is 12.3. The molecule has 3 N–H and O–H groups in total. The minimum absolute atomic E-state index is 0.0194. The number of unbranched alkanes of at least 4 members (excludes halogenated alkanes) is 9. The van der Waals surface area contributed by atoms with Crippen molar-refractivity contribution in [3.8, 4) is 11.4 Å². The molecule has 344 valence electrons. The number of carbonyl (C=O) groups is 1. The highest BCUT2D eigenvalue weighted by Gasteiger charge is 2.50. The zero-order valence-electron chi connectivity index (χ0n) is 38.9. The first kappa shape index (κ1) is 44.7. The van der Waals surface area contributed by atoms with Crippen LogP contribution in [0.3, 0.4) is 0 Å². The number of rotatable bonds is 23. The topological polar surface area (TPSA) is 117 Å². The maximum Gasteiger partial charge on any atom is 0.257 e. The summed E-state index contributed by atoms with van der Waals surface area (Å²) < 4.78 is 7.45. The van der Waals surface area contributed by atoms with E-state index in [9.17, 15) is 9.59 Å². The van der Waals surface area contributed by atoms with Crippen LogP contribution in [0.4, 0.5) is 23.0 Å². The Morgan fingerprint density at radius 3 is 2.17 bits per heavy atom. The number of amides is 1. The number of ether oxygens (including phenoxy) is 1. The molecule has 11 nitrogen and oxygen atoms in total. The second kappa shape index (κ2) is 20.8. The fourth-order valence-electron chi connectivity index (χ4n) is 12.3. The molecular weight excluding hydrogens is 797 g/mol. The molecule has 0 unspecified atom stereocenters. The average Bonchev–Trinajstić information content (AvgIpc) is 4.14. The molecule has 10 rings (SSSR count). The van der Waals surface area contributed by atoms with Gasteiger partial charge in [0.2, 0.25) is 11.9 Å². The maximum absolute atomic E-state index is 13.5. The van der Waals surface area contributed by atoms with Crippen LogP contribution in [0.2, 0.25) is 0 Å². The molecule has 11 heteroatoms. The van der Waals surface area contributed by atoms with Crippen molar-refractivity contribution in [2.45, 2.75) is 129 Å². The molecule has 5 saturated carbocycles. The molecular formula is C53H74N8O3. The lowest BCUT2D eigenvalue weighted by Gasteiger charge is -2.57. The number of pyridine rings is 1. The second-order valence-electron chi connectivity index (χ2n) is 20.5. The van der Waals surface area contributed by atoms with Crippen molar-refractivity contribution in [1.82, 2.24) is 24.8 Å². The minimum Gasteiger partial charge on any atom is -0.494 e. The molecule has 3 heterocycles. The fraction of sp³-hybridized carbons (Fsp3) is 0.623. The van der Waals surface area contributed by atoms with Gasteiger partial charge in [0.1, 0.15) is 5.75 Å². The van der Waals surface area contributed by atoms with E-state index in [1.165, 1.54) is 90.3 Å². The van der Waals surface area contributed by atoms with Crippen LogP contribution in [0.15, 0.2) is 59.5 Å². The van der Waals surface area contributed by atoms with Gasteiger partial charge in [-0.25, -0.2) is 4.98 Å². The molecule has 64 heavy (non-hydrogen) atoms. The quantitative estimate of drug-likeness (QED) is 0.0627. The first-order valence-electron chi connectivity index (χ1n) is 25.3. The zero-order valence-corrected chi connectivity index (χ0v) is 38.9. The number of aryl methyl sites for hydroxylation is 1. The number of nitrogens with zero attached hydrogens (tertiary/aromatic N) is 5. The number of nitrogens with one attached hydrogen (secondary N) is 3. The number of anilines is 4. The van der Waals surface area contributed by atoms with Gasteiger partial charge in [-0.3, -0.25) is 19.1 Å². The van der Waals surface area contributed by atoms with Crippen LogP contribution in [0, 0.1) is 36.0 Å². The van der Waals surface area contributed by atoms with Gasteiger partial charge in [0.15, 0.2) is 5.65 Å². The predicted octanol–water partition coefficient (Wildman–Crippen LogP) is 10.4. The molecule has 6 fully saturated rings. The summed E-state index contributed by atoms with van der Waals surface area (Å²) in [7, 11) is 1.68. The third-order valence-corrected chi connectivity index (χ3v) is 15.5. The lowest BCUT2D eigenvalue weighted by Crippen LogP contribution is -2.47. The predicted molar refractivity (Wildman–Crippen MR) is 260 cm³/mol. The van der Waals surface area contributed by atoms with Crippen LogP contribution in [0.1, 0.15) is 128 Å². The van der Waals surface area contributed by atoms with Crippen molar-refractivity contribution < 1.29 is 9.53 Å². The van der Waals surface area contributed by atoms with E-state index in [4.69, 9.17) is 9.72 Å². The third kappa shape index (κ3) is 11.1. The van der Waals surface area contributed by atoms with E-state index in [1.807, 2.05) is 37.3 Å². The van der Waals surface area contributed by atoms with Crippen molar-refractivity contribution in [2.75, 3.05) is 68.5 Å². The van der Waals surface area contributed by atoms with E-state index in [2.05, 4.69) is 42.9 Å². The lowest BCUT2D eigenvalue weighted by atomic mass is 9.49. The maximum atomic E-state index is 13.5. The molecule has 1 amide bonds. The first-order valence-corrected chi connectivity index (χ1v) is 25.3. The van der Waals surface area contributed by atoms with Crippen LogP contribution < -0.4 is 31.1 Å². The summed E-state index contributed by atoms with van der Waals surface area (Å²) in [5.74, 6) is 4.41. The van der Waals surface area contributed by atoms with Gasteiger partial charge in [0.25, 0.3) is 5.56 Å². The molecule has 4 bridgehead atoms. The van der Waals surface area contributed by atoms with E-state index >= 15 is 0 Å². The van der Waals surface area contributed by atoms with Gasteiger partial charge in [-0.1, -0.05) is 57.4 Å². The van der Waals surface area contributed by atoms with Gasteiger partial charge in [0.05, 0.1) is 18.5 Å². The van der Waals surface area contributed by atoms with E-state index in [1.54, 1.807) is 62.5 Å². The smallest absolute Gasteiger partial charge is 0.257 e. The molecule has 4 aromatic rings. The third-order valence-electron chi connectivity index (χ3n) is 15.5. The Morgan fingerprint density at radius 2 is 1.48 bits per heavy atom. The van der Waals surface area contributed by atoms with E-state index in [0.29, 0.717) is 28.7 Å². The molecule has 6 aliphatic rings. The van der Waals surface area contributed by atoms with E-state index < -0.39 is 0 Å². The van der Waals surface area contributed by atoms with Gasteiger partial charge in [-0.2, -0.15) is 4.98 Å². The Balaban J connectivity index is 0.658. The van der Waals surface area contributed by atoms with Crippen molar-refractivity contribution in [2.24, 2.45) is 29.1 Å². The number of benzene rings is 2. The van der Waals surface area contributed by atoms with Crippen LogP contribution in [-0.2, 0) is 4.79 Å². The van der Waals surface area contributed by atoms with Crippen LogP contribution in [0.25, 0.3) is 16.7 Å². The standard InChI is InChI=1S/C53H74N8O3/c1-38-28-49(62)61(45-15-13-14-43(32-45)56-51(63)42-16-17-42)50-46(38)37-55-52(58-50)57-47-19-18-44(33-48(47)64-2)60-26-24-59(25-27-60)23-12-10-8-6-4-3-5-7-9-11-21-54-22-20-53-34-39-29-40(35-53)31-41(30-39)36-53/h13-15,18-19,28,32-33,37,39-42,54H,3-12,16-17,20-27,29-31,34-36H2,1-2H3,(H,56,63)(H,55,57,58). The van der Waals surface area contributed by atoms with Crippen LogP contribution >= 0.6 is 0 Å². The number of piperazine rings is 1. The van der Waals surface area contributed by atoms with E-state index in [-0.39, 0.29) is 17.4 Å². The Hall–Kier alpha value is -4.48. The zero-order chi connectivity index (χ0) is 43.9. The summed E-state index contributed by atoms with van der Waals surface area (Å²) in [5, 5.41) is 10.9. The molecule has 0 spiro atoms. The molecule has 5 aliphatic carbocycles. The van der Waals surface area contributed by atoms with E-state index in [0.717, 1.165) is 84.5 Å². The van der Waals surface area contributed by atoms with Gasteiger partial charge in [0, 0.05) is 67.2 Å². The second-order valence-corrected chi connectivity index (χ2v) is 20.5. The summed E-state index contributed by atoms with van der Waals surface area (Å²) in [6, 6.07) is 15.2. The molecule has 0 atom stereocenters. The number of hydrogen-bond donors (Lipinski definition) is 3. The molecule has 0 radical (unpaired) electrons.